The Kier molecular flexibility index (Phi) is 2.18. The average Bonchev–Trinajstić information content (AvgIpc) is 2.36. The van der Waals surface area contributed by atoms with E-state index in [0.717, 1.165) is 4.70 Å². The normalized spacial score (nSPS) is 11.1. The molecule has 0 saturated carbocycles. The van der Waals surface area contributed by atoms with E-state index in [9.17, 15) is 15.0 Å². The first-order valence-electron chi connectivity index (χ1n) is 5.25. The average molecular weight is 259 g/mol. The van der Waals surface area contributed by atoms with Crippen molar-refractivity contribution in [2.24, 2.45) is 0 Å². The molecule has 0 aliphatic heterocycles. The Balaban J connectivity index is 2.69. The fraction of sp³-hybridized carbons (Fsp3) is 0. The van der Waals surface area contributed by atoms with Gasteiger partial charge in [0.15, 0.2) is 11.2 Å². The number of phenols is 2. The van der Waals surface area contributed by atoms with E-state index in [4.69, 9.17) is 5.73 Å². The minimum absolute atomic E-state index is 0.000388. The van der Waals surface area contributed by atoms with Crippen LogP contribution in [-0.4, -0.2) is 10.2 Å². The highest BCUT2D eigenvalue weighted by atomic mass is 32.1. The van der Waals surface area contributed by atoms with Crippen LogP contribution in [0.4, 0.5) is 5.69 Å². The number of nitrogen functional groups attached to an aromatic ring is 1. The van der Waals surface area contributed by atoms with Gasteiger partial charge in [0.25, 0.3) is 0 Å². The second-order valence-corrected chi connectivity index (χ2v) is 5.02. The van der Waals surface area contributed by atoms with Crippen molar-refractivity contribution >= 4 is 37.2 Å². The van der Waals surface area contributed by atoms with Gasteiger partial charge in [-0.15, -0.1) is 11.3 Å². The SMILES string of the molecule is Nc1cc(O)c2sc3ccccc3c(=O)c2c1O. The van der Waals surface area contributed by atoms with Crippen LogP contribution in [-0.2, 0) is 0 Å². The van der Waals surface area contributed by atoms with Gasteiger partial charge in [0.2, 0.25) is 0 Å². The Bertz CT molecular complexity index is 839. The molecule has 0 unspecified atom stereocenters. The summed E-state index contributed by atoms with van der Waals surface area (Å²) in [5.74, 6) is -0.358. The Morgan fingerprint density at radius 3 is 2.67 bits per heavy atom. The predicted octanol–water partition coefficient (Wildman–Crippen LogP) is 2.41. The summed E-state index contributed by atoms with van der Waals surface area (Å²) < 4.78 is 1.11. The fourth-order valence-electron chi connectivity index (χ4n) is 1.96. The van der Waals surface area contributed by atoms with Crippen molar-refractivity contribution < 1.29 is 10.2 Å². The lowest BCUT2D eigenvalue weighted by atomic mass is 10.1. The lowest BCUT2D eigenvalue weighted by molar-refractivity contribution is 0.472. The van der Waals surface area contributed by atoms with Crippen LogP contribution in [0.2, 0.25) is 0 Å². The van der Waals surface area contributed by atoms with E-state index in [0.29, 0.717) is 10.1 Å². The summed E-state index contributed by atoms with van der Waals surface area (Å²) in [7, 11) is 0. The van der Waals surface area contributed by atoms with Gasteiger partial charge in [-0.3, -0.25) is 4.79 Å². The van der Waals surface area contributed by atoms with E-state index < -0.39 is 0 Å². The molecule has 0 saturated heterocycles. The Hall–Kier alpha value is -2.27. The van der Waals surface area contributed by atoms with Gasteiger partial charge < -0.3 is 15.9 Å². The molecule has 0 bridgehead atoms. The summed E-state index contributed by atoms with van der Waals surface area (Å²) in [6, 6.07) is 8.31. The van der Waals surface area contributed by atoms with E-state index in [1.807, 2.05) is 6.07 Å². The molecule has 4 nitrogen and oxygen atoms in total. The third-order valence-electron chi connectivity index (χ3n) is 2.83. The zero-order valence-corrected chi connectivity index (χ0v) is 9.99. The van der Waals surface area contributed by atoms with Crippen molar-refractivity contribution in [3.63, 3.8) is 0 Å². The molecule has 1 aromatic heterocycles. The minimum atomic E-state index is -0.320. The van der Waals surface area contributed by atoms with Gasteiger partial charge in [0.05, 0.1) is 15.8 Å². The number of nitrogens with two attached hydrogens (primary N) is 1. The summed E-state index contributed by atoms with van der Waals surface area (Å²) in [6.45, 7) is 0. The first-order valence-corrected chi connectivity index (χ1v) is 6.07. The molecule has 4 N–H and O–H groups in total. The van der Waals surface area contributed by atoms with Crippen molar-refractivity contribution in [1.82, 2.24) is 0 Å². The molecule has 0 radical (unpaired) electrons. The molecular formula is C13H9NO3S. The number of fused-ring (bicyclic) bond motifs is 2. The zero-order valence-electron chi connectivity index (χ0n) is 9.18. The number of hydrogen-bond donors (Lipinski definition) is 3. The maximum absolute atomic E-state index is 12.3. The van der Waals surface area contributed by atoms with E-state index in [1.54, 1.807) is 18.2 Å². The van der Waals surface area contributed by atoms with Crippen LogP contribution in [0.3, 0.4) is 0 Å². The molecule has 1 heterocycles. The van der Waals surface area contributed by atoms with E-state index in [2.05, 4.69) is 0 Å². The largest absolute Gasteiger partial charge is 0.506 e. The number of benzene rings is 2. The first-order chi connectivity index (χ1) is 8.59. The lowest BCUT2D eigenvalue weighted by Gasteiger charge is -2.06. The van der Waals surface area contributed by atoms with Crippen molar-refractivity contribution in [2.75, 3.05) is 5.73 Å². The number of aromatic hydroxyl groups is 2. The quantitative estimate of drug-likeness (QED) is 0.250. The van der Waals surface area contributed by atoms with Crippen LogP contribution in [0.25, 0.3) is 20.2 Å². The smallest absolute Gasteiger partial charge is 0.199 e. The molecule has 3 aromatic rings. The Labute approximate surface area is 106 Å². The van der Waals surface area contributed by atoms with E-state index in [-0.39, 0.29) is 28.0 Å². The van der Waals surface area contributed by atoms with Crippen molar-refractivity contribution in [3.8, 4) is 11.5 Å². The van der Waals surface area contributed by atoms with Gasteiger partial charge in [-0.05, 0) is 12.1 Å². The molecule has 90 valence electrons. The molecule has 0 aliphatic carbocycles. The molecule has 18 heavy (non-hydrogen) atoms. The molecule has 0 aliphatic rings. The van der Waals surface area contributed by atoms with E-state index >= 15 is 0 Å². The van der Waals surface area contributed by atoms with Crippen LogP contribution in [0, 0.1) is 0 Å². The predicted molar refractivity (Wildman–Crippen MR) is 73.3 cm³/mol. The van der Waals surface area contributed by atoms with Gasteiger partial charge in [-0.2, -0.15) is 0 Å². The number of phenolic OH excluding ortho intramolecular Hbond substituents is 2. The monoisotopic (exact) mass is 259 g/mol. The number of anilines is 1. The minimum Gasteiger partial charge on any atom is -0.506 e. The Morgan fingerprint density at radius 1 is 1.17 bits per heavy atom. The molecule has 0 fully saturated rings. The van der Waals surface area contributed by atoms with Crippen LogP contribution in [0.1, 0.15) is 0 Å². The molecular weight excluding hydrogens is 250 g/mol. The van der Waals surface area contributed by atoms with Crippen LogP contribution >= 0.6 is 11.3 Å². The lowest BCUT2D eigenvalue weighted by Crippen LogP contribution is -2.02. The van der Waals surface area contributed by atoms with Crippen LogP contribution < -0.4 is 11.2 Å². The third kappa shape index (κ3) is 1.34. The molecule has 5 heteroatoms. The van der Waals surface area contributed by atoms with E-state index in [1.165, 1.54) is 17.4 Å². The topological polar surface area (TPSA) is 83.5 Å². The summed E-state index contributed by atoms with van der Waals surface area (Å²) in [6.07, 6.45) is 0. The summed E-state index contributed by atoms with van der Waals surface area (Å²) in [5.41, 5.74) is 5.24. The Morgan fingerprint density at radius 2 is 1.89 bits per heavy atom. The second kappa shape index (κ2) is 3.61. The molecule has 2 aromatic carbocycles. The maximum Gasteiger partial charge on any atom is 0.199 e. The first kappa shape index (κ1) is 10.9. The number of hydrogen-bond acceptors (Lipinski definition) is 5. The summed E-state index contributed by atoms with van der Waals surface area (Å²) in [4.78, 5) is 12.3. The number of rotatable bonds is 0. The van der Waals surface area contributed by atoms with Gasteiger partial charge in [-0.1, -0.05) is 12.1 Å². The third-order valence-corrected chi connectivity index (χ3v) is 4.03. The highest BCUT2D eigenvalue weighted by Crippen LogP contribution is 2.39. The van der Waals surface area contributed by atoms with Crippen molar-refractivity contribution in [3.05, 3.63) is 40.6 Å². The molecule has 0 amide bonds. The zero-order chi connectivity index (χ0) is 12.9. The van der Waals surface area contributed by atoms with Gasteiger partial charge in [0.1, 0.15) is 5.75 Å². The van der Waals surface area contributed by atoms with Crippen LogP contribution in [0.15, 0.2) is 35.1 Å². The van der Waals surface area contributed by atoms with Crippen molar-refractivity contribution in [1.29, 1.82) is 0 Å². The maximum atomic E-state index is 12.3. The standard InChI is InChI=1S/C13H9NO3S/c14-7-5-8(15)13-10(12(7)17)11(16)6-3-1-2-4-9(6)18-13/h1-5,15,17H,14H2. The van der Waals surface area contributed by atoms with Crippen molar-refractivity contribution in [2.45, 2.75) is 0 Å². The molecule has 3 rings (SSSR count). The highest BCUT2D eigenvalue weighted by Gasteiger charge is 2.15. The van der Waals surface area contributed by atoms with Gasteiger partial charge >= 0.3 is 0 Å². The van der Waals surface area contributed by atoms with Gasteiger partial charge in [0, 0.05) is 16.2 Å². The van der Waals surface area contributed by atoms with Crippen LogP contribution in [0.5, 0.6) is 11.5 Å². The summed E-state index contributed by atoms with van der Waals surface area (Å²) >= 11 is 1.25. The molecule has 0 atom stereocenters. The highest BCUT2D eigenvalue weighted by molar-refractivity contribution is 7.25. The summed E-state index contributed by atoms with van der Waals surface area (Å²) in [5, 5.41) is 20.3. The second-order valence-electron chi connectivity index (χ2n) is 3.96. The molecule has 0 spiro atoms. The van der Waals surface area contributed by atoms with Gasteiger partial charge in [-0.25, -0.2) is 0 Å². The fourth-order valence-corrected chi connectivity index (χ4v) is 3.06.